The van der Waals surface area contributed by atoms with Crippen LogP contribution in [-0.4, -0.2) is 15.1 Å². The van der Waals surface area contributed by atoms with Crippen molar-refractivity contribution in [3.8, 4) is 16.3 Å². The molecule has 108 valence electrons. The van der Waals surface area contributed by atoms with Crippen LogP contribution in [0, 0.1) is 6.92 Å². The lowest BCUT2D eigenvalue weighted by Crippen LogP contribution is -1.90. The van der Waals surface area contributed by atoms with E-state index < -0.39 is 0 Å². The number of nitrogens with zero attached hydrogens (tertiary/aromatic N) is 2. The van der Waals surface area contributed by atoms with Gasteiger partial charge in [-0.1, -0.05) is 29.0 Å². The second kappa shape index (κ2) is 5.51. The van der Waals surface area contributed by atoms with Gasteiger partial charge >= 0.3 is 0 Å². The van der Waals surface area contributed by atoms with Crippen molar-refractivity contribution < 1.29 is 5.11 Å². The van der Waals surface area contributed by atoms with E-state index in [1.54, 1.807) is 18.2 Å². The van der Waals surface area contributed by atoms with Gasteiger partial charge < -0.3 is 16.2 Å². The summed E-state index contributed by atoms with van der Waals surface area (Å²) in [7, 11) is 0. The molecule has 5 nitrogen and oxygen atoms in total. The monoisotopic (exact) mass is 338 g/mol. The minimum atomic E-state index is 0.00846. The number of aromatic hydroxyl groups is 1. The van der Waals surface area contributed by atoms with Crippen molar-refractivity contribution in [3.05, 3.63) is 34.3 Å². The van der Waals surface area contributed by atoms with Crippen molar-refractivity contribution >= 4 is 50.2 Å². The second-order valence-corrected chi connectivity index (χ2v) is 6.56. The Balaban J connectivity index is 1.89. The Bertz CT molecular complexity index is 799. The van der Waals surface area contributed by atoms with E-state index in [0.717, 1.165) is 16.3 Å². The lowest BCUT2D eigenvalue weighted by molar-refractivity contribution is 0.478. The quantitative estimate of drug-likeness (QED) is 0.621. The maximum absolute atomic E-state index is 9.89. The highest BCUT2D eigenvalue weighted by molar-refractivity contribution is 7.19. The molecule has 0 atom stereocenters. The number of aryl methyl sites for hydroxylation is 1. The molecule has 0 fully saturated rings. The number of nitrogens with one attached hydrogen (secondary N) is 1. The summed E-state index contributed by atoms with van der Waals surface area (Å²) in [6, 6.07) is 5.12. The van der Waals surface area contributed by atoms with Gasteiger partial charge in [-0.15, -0.1) is 11.3 Å². The van der Waals surface area contributed by atoms with Gasteiger partial charge in [-0.2, -0.15) is 0 Å². The van der Waals surface area contributed by atoms with E-state index in [9.17, 15) is 5.11 Å². The maximum atomic E-state index is 9.89. The predicted molar refractivity (Wildman–Crippen MR) is 88.8 cm³/mol. The largest absolute Gasteiger partial charge is 0.504 e. The molecule has 0 aliphatic rings. The van der Waals surface area contributed by atoms with Crippen LogP contribution in [0.4, 0.5) is 16.0 Å². The first-order valence-electron chi connectivity index (χ1n) is 5.98. The van der Waals surface area contributed by atoms with Crippen molar-refractivity contribution in [2.45, 2.75) is 6.92 Å². The van der Waals surface area contributed by atoms with E-state index in [4.69, 9.17) is 17.3 Å². The molecular weight excluding hydrogens is 328 g/mol. The average Bonchev–Trinajstić information content (AvgIpc) is 3.01. The molecule has 0 aliphatic carbocycles. The number of nitrogen functional groups attached to an aromatic ring is 1. The predicted octanol–water partition coefficient (Wildman–Crippen LogP) is 4.26. The summed E-state index contributed by atoms with van der Waals surface area (Å²) in [5.74, 6) is 0.00846. The molecule has 4 N–H and O–H groups in total. The van der Waals surface area contributed by atoms with Crippen LogP contribution in [0.3, 0.4) is 0 Å². The van der Waals surface area contributed by atoms with Crippen molar-refractivity contribution in [1.29, 1.82) is 0 Å². The Kier molecular flexibility index (Phi) is 3.71. The van der Waals surface area contributed by atoms with E-state index in [1.165, 1.54) is 22.7 Å². The van der Waals surface area contributed by atoms with Crippen LogP contribution in [0.15, 0.2) is 23.6 Å². The zero-order valence-corrected chi connectivity index (χ0v) is 13.3. The molecule has 2 aromatic heterocycles. The Morgan fingerprint density at radius 3 is 2.86 bits per heavy atom. The number of para-hydroxylation sites is 1. The molecule has 0 spiro atoms. The molecular formula is C13H11ClN4OS2. The number of benzene rings is 1. The number of halogens is 1. The molecule has 1 aromatic carbocycles. The standard InChI is InChI=1S/C13H11ClN4OS2/c1-6-11(21-12(15)16-6)9-5-20-13(18-9)17-8-4-2-3-7(14)10(8)19/h2-5,19H,1H3,(H2,15,16)(H,17,18). The molecule has 0 bridgehead atoms. The van der Waals surface area contributed by atoms with E-state index in [0.29, 0.717) is 21.0 Å². The summed E-state index contributed by atoms with van der Waals surface area (Å²) in [4.78, 5) is 9.63. The third-order valence-electron chi connectivity index (χ3n) is 2.78. The van der Waals surface area contributed by atoms with Crippen LogP contribution in [0.25, 0.3) is 10.6 Å². The van der Waals surface area contributed by atoms with Crippen LogP contribution in [0.5, 0.6) is 5.75 Å². The molecule has 21 heavy (non-hydrogen) atoms. The fraction of sp³-hybridized carbons (Fsp3) is 0.0769. The summed E-state index contributed by atoms with van der Waals surface area (Å²) in [6.45, 7) is 1.90. The van der Waals surface area contributed by atoms with Crippen molar-refractivity contribution in [1.82, 2.24) is 9.97 Å². The number of nitrogens with two attached hydrogens (primary N) is 1. The SMILES string of the molecule is Cc1nc(N)sc1-c1csc(Nc2cccc(Cl)c2O)n1. The molecule has 0 saturated carbocycles. The fourth-order valence-corrected chi connectivity index (χ4v) is 3.58. The summed E-state index contributed by atoms with van der Waals surface area (Å²) in [5.41, 5.74) is 7.90. The third kappa shape index (κ3) is 2.80. The second-order valence-electron chi connectivity index (χ2n) is 4.27. The Morgan fingerprint density at radius 1 is 1.33 bits per heavy atom. The molecule has 0 unspecified atom stereocenters. The maximum Gasteiger partial charge on any atom is 0.187 e. The Morgan fingerprint density at radius 2 is 2.14 bits per heavy atom. The first kappa shape index (κ1) is 14.1. The van der Waals surface area contributed by atoms with Crippen LogP contribution in [0.1, 0.15) is 5.69 Å². The topological polar surface area (TPSA) is 84.1 Å². The third-order valence-corrected chi connectivity index (χ3v) is 4.85. The first-order valence-corrected chi connectivity index (χ1v) is 8.05. The first-order chi connectivity index (χ1) is 10.0. The van der Waals surface area contributed by atoms with Gasteiger partial charge in [-0.25, -0.2) is 9.97 Å². The van der Waals surface area contributed by atoms with E-state index in [1.807, 2.05) is 12.3 Å². The van der Waals surface area contributed by atoms with Gasteiger partial charge in [0.2, 0.25) is 0 Å². The van der Waals surface area contributed by atoms with E-state index >= 15 is 0 Å². The Labute approximate surface area is 134 Å². The summed E-state index contributed by atoms with van der Waals surface area (Å²) in [5, 5.41) is 16.3. The summed E-state index contributed by atoms with van der Waals surface area (Å²) >= 11 is 8.72. The van der Waals surface area contributed by atoms with Gasteiger partial charge in [0.25, 0.3) is 0 Å². The number of hydrogen-bond acceptors (Lipinski definition) is 7. The average molecular weight is 339 g/mol. The van der Waals surface area contributed by atoms with Crippen LogP contribution in [-0.2, 0) is 0 Å². The highest BCUT2D eigenvalue weighted by Crippen LogP contribution is 2.37. The van der Waals surface area contributed by atoms with Crippen LogP contribution < -0.4 is 11.1 Å². The van der Waals surface area contributed by atoms with Crippen molar-refractivity contribution in [2.24, 2.45) is 0 Å². The minimum absolute atomic E-state index is 0.00846. The number of rotatable bonds is 3. The van der Waals surface area contributed by atoms with Crippen molar-refractivity contribution in [3.63, 3.8) is 0 Å². The lowest BCUT2D eigenvalue weighted by Gasteiger charge is -2.06. The van der Waals surface area contributed by atoms with Gasteiger partial charge in [0.05, 0.1) is 27.0 Å². The number of anilines is 3. The van der Waals surface area contributed by atoms with Crippen molar-refractivity contribution in [2.75, 3.05) is 11.1 Å². The molecule has 0 saturated heterocycles. The fourth-order valence-electron chi connectivity index (χ4n) is 1.82. The molecule has 0 aliphatic heterocycles. The molecule has 0 amide bonds. The van der Waals surface area contributed by atoms with Gasteiger partial charge in [-0.3, -0.25) is 0 Å². The lowest BCUT2D eigenvalue weighted by atomic mass is 10.3. The van der Waals surface area contributed by atoms with Crippen LogP contribution >= 0.6 is 34.3 Å². The van der Waals surface area contributed by atoms with Crippen LogP contribution in [0.2, 0.25) is 5.02 Å². The Hall–Kier alpha value is -1.83. The van der Waals surface area contributed by atoms with Gasteiger partial charge in [-0.05, 0) is 19.1 Å². The zero-order valence-electron chi connectivity index (χ0n) is 10.9. The van der Waals surface area contributed by atoms with E-state index in [2.05, 4.69) is 15.3 Å². The van der Waals surface area contributed by atoms with E-state index in [-0.39, 0.29) is 5.75 Å². The van der Waals surface area contributed by atoms with Gasteiger partial charge in [0.1, 0.15) is 0 Å². The molecule has 8 heteroatoms. The minimum Gasteiger partial charge on any atom is -0.504 e. The molecule has 2 heterocycles. The van der Waals surface area contributed by atoms with Gasteiger partial charge in [0.15, 0.2) is 16.0 Å². The smallest absolute Gasteiger partial charge is 0.187 e. The number of phenols is 1. The molecule has 0 radical (unpaired) electrons. The highest BCUT2D eigenvalue weighted by Gasteiger charge is 2.13. The number of phenolic OH excluding ortho intramolecular Hbond substituents is 1. The number of thiazole rings is 2. The number of hydrogen-bond donors (Lipinski definition) is 3. The van der Waals surface area contributed by atoms with Gasteiger partial charge in [0, 0.05) is 5.38 Å². The highest BCUT2D eigenvalue weighted by atomic mass is 35.5. The summed E-state index contributed by atoms with van der Waals surface area (Å²) in [6.07, 6.45) is 0. The number of aromatic nitrogens is 2. The molecule has 3 aromatic rings. The molecule has 3 rings (SSSR count). The summed E-state index contributed by atoms with van der Waals surface area (Å²) < 4.78 is 0. The zero-order chi connectivity index (χ0) is 15.0. The normalized spacial score (nSPS) is 10.8.